The maximum absolute atomic E-state index is 11.9. The van der Waals surface area contributed by atoms with Crippen molar-refractivity contribution in [3.05, 3.63) is 33.8 Å². The van der Waals surface area contributed by atoms with Crippen molar-refractivity contribution in [2.24, 2.45) is 11.7 Å². The van der Waals surface area contributed by atoms with E-state index in [4.69, 9.17) is 18.0 Å². The summed E-state index contributed by atoms with van der Waals surface area (Å²) < 4.78 is 0.961. The second-order valence-corrected chi connectivity index (χ2v) is 5.36. The highest BCUT2D eigenvalue weighted by Crippen LogP contribution is 2.15. The van der Waals surface area contributed by atoms with Gasteiger partial charge in [0.1, 0.15) is 0 Å². The number of benzene rings is 1. The first kappa shape index (κ1) is 14.1. The Labute approximate surface area is 115 Å². The van der Waals surface area contributed by atoms with Crippen LogP contribution < -0.4 is 11.1 Å². The van der Waals surface area contributed by atoms with Crippen molar-refractivity contribution in [1.82, 2.24) is 5.32 Å². The minimum absolute atomic E-state index is 0.00436. The van der Waals surface area contributed by atoms with Gasteiger partial charge in [-0.05, 0) is 30.7 Å². The maximum atomic E-state index is 11.9. The Bertz CT molecular complexity index is 448. The minimum Gasteiger partial charge on any atom is -0.393 e. The van der Waals surface area contributed by atoms with Crippen molar-refractivity contribution in [3.8, 4) is 0 Å². The summed E-state index contributed by atoms with van der Waals surface area (Å²) in [5, 5.41) is 2.82. The van der Waals surface area contributed by atoms with E-state index in [1.54, 1.807) is 6.07 Å². The molecule has 5 heteroatoms. The van der Waals surface area contributed by atoms with Gasteiger partial charge in [-0.25, -0.2) is 0 Å². The lowest BCUT2D eigenvalue weighted by molar-refractivity contribution is 0.0950. The molecule has 1 aromatic rings. The summed E-state index contributed by atoms with van der Waals surface area (Å²) in [4.78, 5) is 12.3. The minimum atomic E-state index is -0.0990. The van der Waals surface area contributed by atoms with Crippen LogP contribution in [0.4, 0.5) is 0 Å². The topological polar surface area (TPSA) is 55.1 Å². The number of carbonyl (C=O) groups is 1. The first-order valence-electron chi connectivity index (χ1n) is 5.25. The highest BCUT2D eigenvalue weighted by Gasteiger charge is 2.11. The summed E-state index contributed by atoms with van der Waals surface area (Å²) in [5.41, 5.74) is 7.08. The van der Waals surface area contributed by atoms with Crippen molar-refractivity contribution in [3.63, 3.8) is 0 Å². The molecule has 0 spiro atoms. The van der Waals surface area contributed by atoms with E-state index in [0.29, 0.717) is 17.1 Å². The molecule has 1 amide bonds. The van der Waals surface area contributed by atoms with Crippen LogP contribution in [-0.2, 0) is 0 Å². The SMILES string of the molecule is Cc1cc(Br)ccc1C(=O)NCC(C)C(N)=S. The Kier molecular flexibility index (Phi) is 5.08. The average molecular weight is 315 g/mol. The van der Waals surface area contributed by atoms with Gasteiger partial charge in [-0.15, -0.1) is 0 Å². The smallest absolute Gasteiger partial charge is 0.251 e. The fraction of sp³-hybridized carbons (Fsp3) is 0.333. The predicted molar refractivity (Wildman–Crippen MR) is 77.2 cm³/mol. The number of amides is 1. The molecule has 0 bridgehead atoms. The number of thiocarbonyl (C=S) groups is 1. The molecule has 3 nitrogen and oxygen atoms in total. The van der Waals surface area contributed by atoms with Crippen LogP contribution >= 0.6 is 28.1 Å². The second kappa shape index (κ2) is 6.12. The average Bonchev–Trinajstić information content (AvgIpc) is 2.25. The Morgan fingerprint density at radius 2 is 2.24 bits per heavy atom. The molecule has 1 atom stereocenters. The molecule has 0 fully saturated rings. The summed E-state index contributed by atoms with van der Waals surface area (Å²) >= 11 is 8.21. The number of nitrogens with one attached hydrogen (secondary N) is 1. The molecule has 0 aromatic heterocycles. The third-order valence-electron chi connectivity index (χ3n) is 2.49. The molecule has 0 saturated carbocycles. The normalized spacial score (nSPS) is 11.9. The van der Waals surface area contributed by atoms with Crippen LogP contribution in [0, 0.1) is 12.8 Å². The zero-order chi connectivity index (χ0) is 13.0. The van der Waals surface area contributed by atoms with Crippen LogP contribution in [0.15, 0.2) is 22.7 Å². The molecule has 17 heavy (non-hydrogen) atoms. The van der Waals surface area contributed by atoms with Crippen LogP contribution in [0.1, 0.15) is 22.8 Å². The van der Waals surface area contributed by atoms with E-state index in [-0.39, 0.29) is 11.8 Å². The first-order chi connectivity index (χ1) is 7.91. The summed E-state index contributed by atoms with van der Waals surface area (Å²) in [7, 11) is 0. The lowest BCUT2D eigenvalue weighted by atomic mass is 10.1. The van der Waals surface area contributed by atoms with Gasteiger partial charge in [-0.3, -0.25) is 4.79 Å². The molecule has 0 aliphatic rings. The van der Waals surface area contributed by atoms with Gasteiger partial charge in [0.05, 0.1) is 4.99 Å². The van der Waals surface area contributed by atoms with Crippen LogP contribution in [0.2, 0.25) is 0 Å². The molecule has 0 aliphatic carbocycles. The largest absolute Gasteiger partial charge is 0.393 e. The van der Waals surface area contributed by atoms with Gasteiger partial charge in [0.15, 0.2) is 0 Å². The lowest BCUT2D eigenvalue weighted by Gasteiger charge is -2.12. The molecule has 0 radical (unpaired) electrons. The van der Waals surface area contributed by atoms with Crippen molar-refractivity contribution in [2.75, 3.05) is 6.54 Å². The van der Waals surface area contributed by atoms with E-state index in [9.17, 15) is 4.79 Å². The Morgan fingerprint density at radius 3 is 2.76 bits per heavy atom. The maximum Gasteiger partial charge on any atom is 0.251 e. The molecule has 1 unspecified atom stereocenters. The van der Waals surface area contributed by atoms with Crippen molar-refractivity contribution >= 4 is 39.0 Å². The van der Waals surface area contributed by atoms with Gasteiger partial charge >= 0.3 is 0 Å². The van der Waals surface area contributed by atoms with Crippen LogP contribution in [0.3, 0.4) is 0 Å². The van der Waals surface area contributed by atoms with Crippen LogP contribution in [0.25, 0.3) is 0 Å². The molecule has 0 heterocycles. The summed E-state index contributed by atoms with van der Waals surface area (Å²) in [5.74, 6) is -0.0946. The fourth-order valence-corrected chi connectivity index (χ4v) is 1.88. The Balaban J connectivity index is 2.67. The molecule has 3 N–H and O–H groups in total. The van der Waals surface area contributed by atoms with Gasteiger partial charge in [0, 0.05) is 22.5 Å². The number of hydrogen-bond donors (Lipinski definition) is 2. The molecule has 1 rings (SSSR count). The summed E-state index contributed by atoms with van der Waals surface area (Å²) in [6, 6.07) is 5.55. The molecule has 1 aromatic carbocycles. The Hall–Kier alpha value is -0.940. The van der Waals surface area contributed by atoms with Crippen LogP contribution in [-0.4, -0.2) is 17.4 Å². The number of halogens is 1. The monoisotopic (exact) mass is 314 g/mol. The Morgan fingerprint density at radius 1 is 1.59 bits per heavy atom. The summed E-state index contributed by atoms with van der Waals surface area (Å²) in [6.45, 7) is 4.25. The lowest BCUT2D eigenvalue weighted by Crippen LogP contribution is -2.33. The zero-order valence-electron chi connectivity index (χ0n) is 9.79. The number of carbonyl (C=O) groups excluding carboxylic acids is 1. The van der Waals surface area contributed by atoms with Crippen molar-refractivity contribution < 1.29 is 4.79 Å². The number of nitrogens with two attached hydrogens (primary N) is 1. The first-order valence-corrected chi connectivity index (χ1v) is 6.45. The fourth-order valence-electron chi connectivity index (χ4n) is 1.32. The van der Waals surface area contributed by atoms with Gasteiger partial charge in [0.2, 0.25) is 0 Å². The number of aryl methyl sites for hydroxylation is 1. The zero-order valence-corrected chi connectivity index (χ0v) is 12.2. The molecular formula is C12H15BrN2OS. The van der Waals surface area contributed by atoms with Gasteiger partial charge < -0.3 is 11.1 Å². The second-order valence-electron chi connectivity index (χ2n) is 3.97. The van der Waals surface area contributed by atoms with Gasteiger partial charge in [0.25, 0.3) is 5.91 Å². The van der Waals surface area contributed by atoms with E-state index < -0.39 is 0 Å². The van der Waals surface area contributed by atoms with E-state index in [1.165, 1.54) is 0 Å². The van der Waals surface area contributed by atoms with E-state index in [1.807, 2.05) is 26.0 Å². The van der Waals surface area contributed by atoms with E-state index in [0.717, 1.165) is 10.0 Å². The predicted octanol–water partition coefficient (Wildman–Crippen LogP) is 2.41. The highest BCUT2D eigenvalue weighted by molar-refractivity contribution is 9.10. The van der Waals surface area contributed by atoms with Crippen LogP contribution in [0.5, 0.6) is 0 Å². The highest BCUT2D eigenvalue weighted by atomic mass is 79.9. The molecule has 92 valence electrons. The molecule has 0 saturated heterocycles. The molecule has 0 aliphatic heterocycles. The van der Waals surface area contributed by atoms with Crippen molar-refractivity contribution in [1.29, 1.82) is 0 Å². The number of rotatable bonds is 4. The van der Waals surface area contributed by atoms with Gasteiger partial charge in [-0.2, -0.15) is 0 Å². The molecular weight excluding hydrogens is 300 g/mol. The van der Waals surface area contributed by atoms with Gasteiger partial charge in [-0.1, -0.05) is 35.1 Å². The third kappa shape index (κ3) is 4.09. The quantitative estimate of drug-likeness (QED) is 0.839. The van der Waals surface area contributed by atoms with E-state index in [2.05, 4.69) is 21.2 Å². The van der Waals surface area contributed by atoms with E-state index >= 15 is 0 Å². The van der Waals surface area contributed by atoms with Crippen molar-refractivity contribution in [2.45, 2.75) is 13.8 Å². The summed E-state index contributed by atoms with van der Waals surface area (Å²) in [6.07, 6.45) is 0. The third-order valence-corrected chi connectivity index (χ3v) is 3.38. The standard InChI is InChI=1S/C12H15BrN2OS/c1-7-5-9(13)3-4-10(7)12(16)15-6-8(2)11(14)17/h3-5,8H,6H2,1-2H3,(H2,14,17)(H,15,16). The number of hydrogen-bond acceptors (Lipinski definition) is 2.